The largest absolute Gasteiger partial charge is 0.489 e. The summed E-state index contributed by atoms with van der Waals surface area (Å²) in [5.41, 5.74) is 1.44. The molecule has 2 N–H and O–H groups in total. The SMILES string of the molecule is O=C(NC1CCCCC1O)c1ccccc1COc1ccccc1. The van der Waals surface area contributed by atoms with Crippen molar-refractivity contribution in [3.63, 3.8) is 0 Å². The molecule has 0 aromatic heterocycles. The highest BCUT2D eigenvalue weighted by Crippen LogP contribution is 2.20. The van der Waals surface area contributed by atoms with Crippen molar-refractivity contribution in [2.75, 3.05) is 0 Å². The van der Waals surface area contributed by atoms with E-state index < -0.39 is 6.10 Å². The Bertz CT molecular complexity index is 672. The van der Waals surface area contributed by atoms with Crippen LogP contribution < -0.4 is 10.1 Å². The number of hydrogen-bond donors (Lipinski definition) is 2. The molecule has 126 valence electrons. The van der Waals surface area contributed by atoms with Gasteiger partial charge in [-0.05, 0) is 31.0 Å². The highest BCUT2D eigenvalue weighted by atomic mass is 16.5. The molecule has 4 nitrogen and oxygen atoms in total. The van der Waals surface area contributed by atoms with Crippen LogP contribution in [0.2, 0.25) is 0 Å². The molecule has 0 saturated heterocycles. The van der Waals surface area contributed by atoms with Crippen LogP contribution in [0.4, 0.5) is 0 Å². The van der Waals surface area contributed by atoms with Crippen LogP contribution in [0.15, 0.2) is 54.6 Å². The molecule has 0 spiro atoms. The van der Waals surface area contributed by atoms with Gasteiger partial charge in [0, 0.05) is 11.1 Å². The zero-order valence-corrected chi connectivity index (χ0v) is 13.7. The molecule has 2 aromatic rings. The molecule has 1 amide bonds. The second-order valence-electron chi connectivity index (χ2n) is 6.19. The number of benzene rings is 2. The van der Waals surface area contributed by atoms with E-state index in [0.717, 1.165) is 37.0 Å². The van der Waals surface area contributed by atoms with Gasteiger partial charge >= 0.3 is 0 Å². The maximum absolute atomic E-state index is 12.6. The van der Waals surface area contributed by atoms with Gasteiger partial charge in [0.25, 0.3) is 5.91 Å². The van der Waals surface area contributed by atoms with Gasteiger partial charge in [0.2, 0.25) is 0 Å². The van der Waals surface area contributed by atoms with E-state index >= 15 is 0 Å². The van der Waals surface area contributed by atoms with E-state index in [-0.39, 0.29) is 11.9 Å². The zero-order chi connectivity index (χ0) is 16.8. The Balaban J connectivity index is 1.67. The highest BCUT2D eigenvalue weighted by molar-refractivity contribution is 5.95. The molecule has 0 aliphatic heterocycles. The number of aliphatic hydroxyl groups is 1. The number of rotatable bonds is 5. The summed E-state index contributed by atoms with van der Waals surface area (Å²) in [5, 5.41) is 13.0. The van der Waals surface area contributed by atoms with Crippen molar-refractivity contribution >= 4 is 5.91 Å². The molecule has 1 fully saturated rings. The maximum Gasteiger partial charge on any atom is 0.251 e. The summed E-state index contributed by atoms with van der Waals surface area (Å²) in [7, 11) is 0. The van der Waals surface area contributed by atoms with Crippen molar-refractivity contribution in [3.8, 4) is 5.75 Å². The number of carbonyl (C=O) groups excluding carboxylic acids is 1. The average Bonchev–Trinajstić information content (AvgIpc) is 2.63. The summed E-state index contributed by atoms with van der Waals surface area (Å²) in [6, 6.07) is 16.8. The summed E-state index contributed by atoms with van der Waals surface area (Å²) in [4.78, 5) is 12.6. The molecule has 0 radical (unpaired) electrons. The van der Waals surface area contributed by atoms with E-state index in [0.29, 0.717) is 12.2 Å². The van der Waals surface area contributed by atoms with Gasteiger partial charge in [0.1, 0.15) is 12.4 Å². The molecule has 1 aliphatic carbocycles. The van der Waals surface area contributed by atoms with Crippen LogP contribution in [0, 0.1) is 0 Å². The van der Waals surface area contributed by atoms with Gasteiger partial charge in [-0.2, -0.15) is 0 Å². The summed E-state index contributed by atoms with van der Waals surface area (Å²) in [5.74, 6) is 0.628. The minimum atomic E-state index is -0.449. The van der Waals surface area contributed by atoms with Crippen molar-refractivity contribution in [1.82, 2.24) is 5.32 Å². The molecule has 3 rings (SSSR count). The van der Waals surface area contributed by atoms with Crippen LogP contribution >= 0.6 is 0 Å². The van der Waals surface area contributed by atoms with Crippen molar-refractivity contribution in [3.05, 3.63) is 65.7 Å². The molecule has 0 heterocycles. The first-order valence-electron chi connectivity index (χ1n) is 8.49. The van der Waals surface area contributed by atoms with Crippen LogP contribution in [0.25, 0.3) is 0 Å². The summed E-state index contributed by atoms with van der Waals surface area (Å²) in [6.07, 6.45) is 3.20. The van der Waals surface area contributed by atoms with Crippen LogP contribution in [-0.4, -0.2) is 23.2 Å². The lowest BCUT2D eigenvalue weighted by molar-refractivity contribution is 0.0715. The van der Waals surface area contributed by atoms with Crippen LogP contribution in [-0.2, 0) is 6.61 Å². The van der Waals surface area contributed by atoms with Gasteiger partial charge in [0.05, 0.1) is 12.1 Å². The minimum absolute atomic E-state index is 0.145. The number of nitrogens with one attached hydrogen (secondary N) is 1. The number of ether oxygens (including phenoxy) is 1. The van der Waals surface area contributed by atoms with Crippen molar-refractivity contribution in [1.29, 1.82) is 0 Å². The first-order chi connectivity index (χ1) is 11.7. The molecule has 1 aliphatic rings. The normalized spacial score (nSPS) is 20.4. The molecule has 2 unspecified atom stereocenters. The smallest absolute Gasteiger partial charge is 0.251 e. The van der Waals surface area contributed by atoms with E-state index in [1.807, 2.05) is 48.5 Å². The Morgan fingerprint density at radius 3 is 2.54 bits per heavy atom. The first-order valence-corrected chi connectivity index (χ1v) is 8.49. The van der Waals surface area contributed by atoms with Crippen molar-refractivity contribution in [2.24, 2.45) is 0 Å². The van der Waals surface area contributed by atoms with Gasteiger partial charge in [-0.1, -0.05) is 49.2 Å². The van der Waals surface area contributed by atoms with E-state index in [9.17, 15) is 9.90 Å². The monoisotopic (exact) mass is 325 g/mol. The van der Waals surface area contributed by atoms with Crippen molar-refractivity contribution in [2.45, 2.75) is 44.4 Å². The molecule has 4 heteroatoms. The third kappa shape index (κ3) is 4.15. The van der Waals surface area contributed by atoms with Gasteiger partial charge in [-0.15, -0.1) is 0 Å². The predicted octanol–water partition coefficient (Wildman–Crippen LogP) is 3.30. The van der Waals surface area contributed by atoms with Crippen LogP contribution in [0.1, 0.15) is 41.6 Å². The molecular formula is C20H23NO3. The van der Waals surface area contributed by atoms with Gasteiger partial charge in [-0.3, -0.25) is 4.79 Å². The lowest BCUT2D eigenvalue weighted by Crippen LogP contribution is -2.45. The molecule has 0 bridgehead atoms. The Labute approximate surface area is 142 Å². The van der Waals surface area contributed by atoms with E-state index in [1.165, 1.54) is 0 Å². The topological polar surface area (TPSA) is 58.6 Å². The number of hydrogen-bond acceptors (Lipinski definition) is 3. The fraction of sp³-hybridized carbons (Fsp3) is 0.350. The first kappa shape index (κ1) is 16.5. The van der Waals surface area contributed by atoms with Crippen molar-refractivity contribution < 1.29 is 14.6 Å². The van der Waals surface area contributed by atoms with E-state index in [1.54, 1.807) is 6.07 Å². The highest BCUT2D eigenvalue weighted by Gasteiger charge is 2.25. The molecule has 2 atom stereocenters. The standard InChI is InChI=1S/C20H23NO3/c22-19-13-7-6-12-18(19)21-20(23)17-11-5-4-8-15(17)14-24-16-9-2-1-3-10-16/h1-5,8-11,18-19,22H,6-7,12-14H2,(H,21,23). The van der Waals surface area contributed by atoms with Gasteiger partial charge in [-0.25, -0.2) is 0 Å². The second kappa shape index (κ2) is 7.97. The number of amides is 1. The van der Waals surface area contributed by atoms with Gasteiger partial charge < -0.3 is 15.2 Å². The van der Waals surface area contributed by atoms with E-state index in [2.05, 4.69) is 5.32 Å². The van der Waals surface area contributed by atoms with Crippen LogP contribution in [0.3, 0.4) is 0 Å². The average molecular weight is 325 g/mol. The molecular weight excluding hydrogens is 302 g/mol. The Kier molecular flexibility index (Phi) is 5.49. The third-order valence-corrected chi connectivity index (χ3v) is 4.45. The second-order valence-corrected chi connectivity index (χ2v) is 6.19. The predicted molar refractivity (Wildman–Crippen MR) is 92.9 cm³/mol. The zero-order valence-electron chi connectivity index (χ0n) is 13.7. The fourth-order valence-corrected chi connectivity index (χ4v) is 3.07. The Morgan fingerprint density at radius 2 is 1.75 bits per heavy atom. The molecule has 1 saturated carbocycles. The molecule has 2 aromatic carbocycles. The van der Waals surface area contributed by atoms with Gasteiger partial charge in [0.15, 0.2) is 0 Å². The quantitative estimate of drug-likeness (QED) is 0.887. The Hall–Kier alpha value is -2.33. The minimum Gasteiger partial charge on any atom is -0.489 e. The van der Waals surface area contributed by atoms with E-state index in [4.69, 9.17) is 4.74 Å². The lowest BCUT2D eigenvalue weighted by Gasteiger charge is -2.28. The third-order valence-electron chi connectivity index (χ3n) is 4.45. The fourth-order valence-electron chi connectivity index (χ4n) is 3.07. The number of carbonyl (C=O) groups is 1. The maximum atomic E-state index is 12.6. The summed E-state index contributed by atoms with van der Waals surface area (Å²) >= 11 is 0. The number of para-hydroxylation sites is 1. The summed E-state index contributed by atoms with van der Waals surface area (Å²) in [6.45, 7) is 0.334. The number of aliphatic hydroxyl groups excluding tert-OH is 1. The lowest BCUT2D eigenvalue weighted by atomic mass is 9.92. The Morgan fingerprint density at radius 1 is 1.04 bits per heavy atom. The van der Waals surface area contributed by atoms with Crippen LogP contribution in [0.5, 0.6) is 5.75 Å². The molecule has 24 heavy (non-hydrogen) atoms. The summed E-state index contributed by atoms with van der Waals surface area (Å²) < 4.78 is 5.76.